The molecule has 0 aromatic carbocycles. The van der Waals surface area contributed by atoms with E-state index in [-0.39, 0.29) is 5.78 Å². The Bertz CT molecular complexity index is 176. The summed E-state index contributed by atoms with van der Waals surface area (Å²) in [6.45, 7) is 7.46. The van der Waals surface area contributed by atoms with Gasteiger partial charge in [-0.3, -0.25) is 4.79 Å². The molecule has 0 rings (SSSR count). The largest absolute Gasteiger partial charge is 0.319 e. The van der Waals surface area contributed by atoms with Gasteiger partial charge in [-0.25, -0.2) is 0 Å². The summed E-state index contributed by atoms with van der Waals surface area (Å²) < 4.78 is 0. The first-order valence-corrected chi connectivity index (χ1v) is 3.88. The number of allylic oxidation sites excluding steroid dienone is 1. The molecule has 1 atom stereocenters. The Hall–Kier alpha value is -0.630. The zero-order valence-corrected chi connectivity index (χ0v) is 7.77. The summed E-state index contributed by atoms with van der Waals surface area (Å²) in [6.07, 6.45) is 2.28. The van der Waals surface area contributed by atoms with Crippen LogP contribution in [0.5, 0.6) is 0 Å². The van der Waals surface area contributed by atoms with E-state index < -0.39 is 5.54 Å². The summed E-state index contributed by atoms with van der Waals surface area (Å²) in [7, 11) is 0. The van der Waals surface area contributed by atoms with Gasteiger partial charge in [0.2, 0.25) is 0 Å². The molecule has 0 aliphatic heterocycles. The molecule has 2 N–H and O–H groups in total. The molecule has 1 unspecified atom stereocenters. The fourth-order valence-corrected chi connectivity index (χ4v) is 0.601. The molecule has 0 spiro atoms. The van der Waals surface area contributed by atoms with Gasteiger partial charge in [-0.1, -0.05) is 12.5 Å². The Kier molecular flexibility index (Phi) is 3.46. The molecule has 2 nitrogen and oxygen atoms in total. The Morgan fingerprint density at radius 2 is 2.00 bits per heavy atom. The van der Waals surface area contributed by atoms with Gasteiger partial charge in [-0.15, -0.1) is 0 Å². The van der Waals surface area contributed by atoms with Crippen molar-refractivity contribution < 1.29 is 4.79 Å². The van der Waals surface area contributed by atoms with E-state index in [1.165, 1.54) is 0 Å². The molecule has 0 saturated carbocycles. The van der Waals surface area contributed by atoms with E-state index in [1.54, 1.807) is 13.0 Å². The highest BCUT2D eigenvalue weighted by molar-refractivity contribution is 5.97. The second-order valence-electron chi connectivity index (χ2n) is 3.36. The zero-order valence-electron chi connectivity index (χ0n) is 7.77. The highest BCUT2D eigenvalue weighted by atomic mass is 16.1. The minimum absolute atomic E-state index is 0.0139. The van der Waals surface area contributed by atoms with Crippen molar-refractivity contribution in [3.05, 3.63) is 11.6 Å². The Balaban J connectivity index is 4.37. The number of ketones is 1. The average Bonchev–Trinajstić information content (AvgIpc) is 1.86. The maximum absolute atomic E-state index is 11.3. The lowest BCUT2D eigenvalue weighted by molar-refractivity contribution is -0.119. The molecule has 0 amide bonds. The number of hydrogen-bond donors (Lipinski definition) is 1. The predicted molar refractivity (Wildman–Crippen MR) is 47.3 cm³/mol. The van der Waals surface area contributed by atoms with Crippen LogP contribution in [-0.4, -0.2) is 11.3 Å². The van der Waals surface area contributed by atoms with Crippen molar-refractivity contribution in [3.63, 3.8) is 0 Å². The van der Waals surface area contributed by atoms with Crippen LogP contribution in [-0.2, 0) is 4.79 Å². The number of nitrogens with two attached hydrogens (primary N) is 1. The molecule has 64 valence electrons. The smallest absolute Gasteiger partial charge is 0.175 e. The van der Waals surface area contributed by atoms with Crippen molar-refractivity contribution in [2.75, 3.05) is 0 Å². The third kappa shape index (κ3) is 3.33. The first-order chi connectivity index (χ1) is 4.90. The fraction of sp³-hybridized carbons (Fsp3) is 0.667. The van der Waals surface area contributed by atoms with Crippen LogP contribution in [0.15, 0.2) is 11.6 Å². The standard InChI is InChI=1S/C9H17NO/c1-5-9(4,10)8(11)6-7(2)3/h6H,5,10H2,1-4H3. The Morgan fingerprint density at radius 3 is 2.27 bits per heavy atom. The quantitative estimate of drug-likeness (QED) is 0.630. The molecule has 0 radical (unpaired) electrons. The monoisotopic (exact) mass is 155 g/mol. The Morgan fingerprint density at radius 1 is 1.55 bits per heavy atom. The van der Waals surface area contributed by atoms with E-state index in [9.17, 15) is 4.79 Å². The van der Waals surface area contributed by atoms with Gasteiger partial charge in [0, 0.05) is 0 Å². The van der Waals surface area contributed by atoms with Crippen LogP contribution in [0.25, 0.3) is 0 Å². The summed E-state index contributed by atoms with van der Waals surface area (Å²) in [5.74, 6) is 0.0139. The normalized spacial score (nSPS) is 15.4. The average molecular weight is 155 g/mol. The van der Waals surface area contributed by atoms with Crippen molar-refractivity contribution in [3.8, 4) is 0 Å². The fourth-order valence-electron chi connectivity index (χ4n) is 0.601. The van der Waals surface area contributed by atoms with Gasteiger partial charge in [-0.05, 0) is 33.3 Å². The Labute approximate surface area is 68.5 Å². The zero-order chi connectivity index (χ0) is 9.07. The number of hydrogen-bond acceptors (Lipinski definition) is 2. The van der Waals surface area contributed by atoms with E-state index >= 15 is 0 Å². The van der Waals surface area contributed by atoms with Crippen molar-refractivity contribution in [2.45, 2.75) is 39.7 Å². The van der Waals surface area contributed by atoms with Gasteiger partial charge in [0.15, 0.2) is 5.78 Å². The summed E-state index contributed by atoms with van der Waals surface area (Å²) in [6, 6.07) is 0. The van der Waals surface area contributed by atoms with Gasteiger partial charge in [0.1, 0.15) is 0 Å². The third-order valence-electron chi connectivity index (χ3n) is 1.72. The van der Waals surface area contributed by atoms with Gasteiger partial charge in [0.05, 0.1) is 5.54 Å². The number of carbonyl (C=O) groups excluding carboxylic acids is 1. The summed E-state index contributed by atoms with van der Waals surface area (Å²) >= 11 is 0. The molecule has 2 heteroatoms. The van der Waals surface area contributed by atoms with Crippen LogP contribution in [0.3, 0.4) is 0 Å². The van der Waals surface area contributed by atoms with Crippen molar-refractivity contribution >= 4 is 5.78 Å². The van der Waals surface area contributed by atoms with Crippen molar-refractivity contribution in [1.29, 1.82) is 0 Å². The SMILES string of the molecule is CCC(C)(N)C(=O)C=C(C)C. The molecule has 0 saturated heterocycles. The molecule has 0 aliphatic rings. The molecular formula is C9H17NO. The lowest BCUT2D eigenvalue weighted by Crippen LogP contribution is -2.43. The molecule has 11 heavy (non-hydrogen) atoms. The van der Waals surface area contributed by atoms with E-state index in [0.29, 0.717) is 6.42 Å². The van der Waals surface area contributed by atoms with Gasteiger partial charge >= 0.3 is 0 Å². The molecule has 0 fully saturated rings. The van der Waals surface area contributed by atoms with E-state index in [1.807, 2.05) is 20.8 Å². The van der Waals surface area contributed by atoms with Crippen molar-refractivity contribution in [2.24, 2.45) is 5.73 Å². The third-order valence-corrected chi connectivity index (χ3v) is 1.72. The number of carbonyl (C=O) groups is 1. The minimum atomic E-state index is -0.683. The lowest BCUT2D eigenvalue weighted by atomic mass is 9.93. The highest BCUT2D eigenvalue weighted by Gasteiger charge is 2.23. The maximum Gasteiger partial charge on any atom is 0.175 e. The van der Waals surface area contributed by atoms with Crippen LogP contribution in [0.2, 0.25) is 0 Å². The van der Waals surface area contributed by atoms with Crippen molar-refractivity contribution in [1.82, 2.24) is 0 Å². The minimum Gasteiger partial charge on any atom is -0.319 e. The molecule has 0 aromatic rings. The van der Waals surface area contributed by atoms with Crippen LogP contribution in [0, 0.1) is 0 Å². The van der Waals surface area contributed by atoms with Crippen LogP contribution >= 0.6 is 0 Å². The highest BCUT2D eigenvalue weighted by Crippen LogP contribution is 2.08. The van der Waals surface area contributed by atoms with Crippen LogP contribution in [0.1, 0.15) is 34.1 Å². The maximum atomic E-state index is 11.3. The molecule has 0 aromatic heterocycles. The van der Waals surface area contributed by atoms with Crippen LogP contribution in [0.4, 0.5) is 0 Å². The van der Waals surface area contributed by atoms with Crippen LogP contribution < -0.4 is 5.73 Å². The lowest BCUT2D eigenvalue weighted by Gasteiger charge is -2.18. The summed E-state index contributed by atoms with van der Waals surface area (Å²) in [5, 5.41) is 0. The molecule has 0 bridgehead atoms. The number of rotatable bonds is 3. The summed E-state index contributed by atoms with van der Waals surface area (Å²) in [5.41, 5.74) is 6.03. The topological polar surface area (TPSA) is 43.1 Å². The van der Waals surface area contributed by atoms with E-state index in [4.69, 9.17) is 5.73 Å². The first kappa shape index (κ1) is 10.4. The van der Waals surface area contributed by atoms with Gasteiger partial charge < -0.3 is 5.73 Å². The second-order valence-corrected chi connectivity index (χ2v) is 3.36. The van der Waals surface area contributed by atoms with Gasteiger partial charge in [0.25, 0.3) is 0 Å². The molecule has 0 heterocycles. The van der Waals surface area contributed by atoms with Gasteiger partial charge in [-0.2, -0.15) is 0 Å². The predicted octanol–water partition coefficient (Wildman–Crippen LogP) is 1.65. The first-order valence-electron chi connectivity index (χ1n) is 3.88. The van der Waals surface area contributed by atoms with E-state index in [2.05, 4.69) is 0 Å². The van der Waals surface area contributed by atoms with E-state index in [0.717, 1.165) is 5.57 Å². The molecular weight excluding hydrogens is 138 g/mol. The second kappa shape index (κ2) is 3.67. The molecule has 0 aliphatic carbocycles. The summed E-state index contributed by atoms with van der Waals surface area (Å²) in [4.78, 5) is 11.3.